The first-order valence-electron chi connectivity index (χ1n) is 13.0. The second kappa shape index (κ2) is 11.9. The summed E-state index contributed by atoms with van der Waals surface area (Å²) in [6.07, 6.45) is 2.23. The van der Waals surface area contributed by atoms with E-state index in [1.807, 2.05) is 27.7 Å². The van der Waals surface area contributed by atoms with Gasteiger partial charge in [-0.15, -0.1) is 0 Å². The summed E-state index contributed by atoms with van der Waals surface area (Å²) in [4.78, 5) is 45.2. The molecular weight excluding hydrogens is 496 g/mol. The number of anilines is 1. The van der Waals surface area contributed by atoms with Crippen LogP contribution in [0, 0.1) is 0 Å². The maximum absolute atomic E-state index is 13.5. The normalized spacial score (nSPS) is 16.5. The largest absolute Gasteiger partial charge is 0.507 e. The molecule has 1 atom stereocenters. The van der Waals surface area contributed by atoms with Gasteiger partial charge in [0.15, 0.2) is 0 Å². The zero-order valence-corrected chi connectivity index (χ0v) is 22.5. The van der Waals surface area contributed by atoms with Crippen molar-refractivity contribution < 1.29 is 29.0 Å². The zero-order chi connectivity index (χ0) is 28.1. The average molecular weight is 529 g/mol. The van der Waals surface area contributed by atoms with Gasteiger partial charge in [-0.25, -0.2) is 4.79 Å². The number of esters is 1. The van der Waals surface area contributed by atoms with E-state index in [2.05, 4.69) is 4.98 Å². The van der Waals surface area contributed by atoms with Crippen molar-refractivity contribution in [2.24, 2.45) is 0 Å². The summed E-state index contributed by atoms with van der Waals surface area (Å²) in [6, 6.07) is 15.7. The van der Waals surface area contributed by atoms with Crippen molar-refractivity contribution in [1.82, 2.24) is 4.98 Å². The summed E-state index contributed by atoms with van der Waals surface area (Å²) in [6.45, 7) is 8.55. The topological polar surface area (TPSA) is 106 Å². The highest BCUT2D eigenvalue weighted by atomic mass is 16.5. The van der Waals surface area contributed by atoms with Gasteiger partial charge in [0.25, 0.3) is 11.7 Å². The molecule has 1 aliphatic rings. The van der Waals surface area contributed by atoms with Crippen LogP contribution in [0.15, 0.2) is 72.4 Å². The lowest BCUT2D eigenvalue weighted by Gasteiger charge is -2.25. The van der Waals surface area contributed by atoms with E-state index in [-0.39, 0.29) is 29.4 Å². The van der Waals surface area contributed by atoms with E-state index in [0.717, 1.165) is 5.56 Å². The van der Waals surface area contributed by atoms with Crippen LogP contribution < -0.4 is 9.64 Å². The molecule has 4 rings (SSSR count). The number of rotatable bonds is 9. The van der Waals surface area contributed by atoms with E-state index in [1.165, 1.54) is 11.0 Å². The number of carbonyl (C=O) groups is 3. The third kappa shape index (κ3) is 5.55. The molecule has 1 amide bonds. The van der Waals surface area contributed by atoms with Crippen LogP contribution in [0.5, 0.6) is 5.75 Å². The first-order chi connectivity index (χ1) is 18.8. The van der Waals surface area contributed by atoms with E-state index in [0.29, 0.717) is 35.7 Å². The van der Waals surface area contributed by atoms with Crippen molar-refractivity contribution in [3.05, 3.63) is 94.8 Å². The van der Waals surface area contributed by atoms with E-state index in [4.69, 9.17) is 9.47 Å². The molecule has 1 aliphatic heterocycles. The maximum Gasteiger partial charge on any atom is 0.338 e. The number of Topliss-reactive ketones (excluding diaryl/α,β-unsaturated/α-hetero) is 1. The number of benzene rings is 2. The Morgan fingerprint density at radius 3 is 2.49 bits per heavy atom. The highest BCUT2D eigenvalue weighted by molar-refractivity contribution is 6.51. The molecule has 8 heteroatoms. The van der Waals surface area contributed by atoms with Crippen LogP contribution in [0.3, 0.4) is 0 Å². The van der Waals surface area contributed by atoms with Gasteiger partial charge in [-0.05, 0) is 73.4 Å². The average Bonchev–Trinajstić information content (AvgIpc) is 3.22. The molecule has 2 heterocycles. The van der Waals surface area contributed by atoms with Gasteiger partial charge in [0.1, 0.15) is 17.6 Å². The molecule has 2 aromatic carbocycles. The van der Waals surface area contributed by atoms with Gasteiger partial charge in [0.05, 0.1) is 30.0 Å². The van der Waals surface area contributed by atoms with E-state index in [1.54, 1.807) is 60.8 Å². The second-order valence-electron chi connectivity index (χ2n) is 9.45. The third-order valence-electron chi connectivity index (χ3n) is 6.41. The fourth-order valence-electron chi connectivity index (χ4n) is 4.57. The van der Waals surface area contributed by atoms with Crippen LogP contribution >= 0.6 is 0 Å². The number of hydrogen-bond donors (Lipinski definition) is 1. The standard InChI is InChI=1S/C31H32N2O6/c1-5-16-39-31(37)21-10-9-11-22(17-21)33-27(24-12-7-8-15-32-24)26(29(35)30(33)36)28(34)20-13-14-25(38-6-2)23(18-20)19(3)4/h7-15,17-19,27,34H,5-6,16H2,1-4H3/b28-26-. The van der Waals surface area contributed by atoms with Crippen LogP contribution in [0.25, 0.3) is 5.76 Å². The van der Waals surface area contributed by atoms with Gasteiger partial charge in [-0.1, -0.05) is 32.9 Å². The number of aromatic nitrogens is 1. The molecule has 202 valence electrons. The van der Waals surface area contributed by atoms with Crippen molar-refractivity contribution in [1.29, 1.82) is 0 Å². The predicted molar refractivity (Wildman–Crippen MR) is 148 cm³/mol. The van der Waals surface area contributed by atoms with Gasteiger partial charge in [-0.2, -0.15) is 0 Å². The molecule has 1 aromatic heterocycles. The Morgan fingerprint density at radius 2 is 1.82 bits per heavy atom. The number of carbonyl (C=O) groups excluding carboxylic acids is 3. The molecule has 0 saturated carbocycles. The van der Waals surface area contributed by atoms with Crippen molar-refractivity contribution in [2.45, 2.75) is 46.1 Å². The Balaban J connectivity index is 1.87. The highest BCUT2D eigenvalue weighted by Crippen LogP contribution is 2.42. The Morgan fingerprint density at radius 1 is 1.03 bits per heavy atom. The number of aliphatic hydroxyl groups excluding tert-OH is 1. The van der Waals surface area contributed by atoms with Gasteiger partial charge >= 0.3 is 5.97 Å². The quantitative estimate of drug-likeness (QED) is 0.162. The first kappa shape index (κ1) is 27.6. The smallest absolute Gasteiger partial charge is 0.338 e. The van der Waals surface area contributed by atoms with Crippen molar-refractivity contribution in [2.75, 3.05) is 18.1 Å². The van der Waals surface area contributed by atoms with Crippen LogP contribution in [-0.2, 0) is 14.3 Å². The molecule has 0 spiro atoms. The van der Waals surface area contributed by atoms with Crippen LogP contribution in [0.2, 0.25) is 0 Å². The highest BCUT2D eigenvalue weighted by Gasteiger charge is 2.47. The molecule has 8 nitrogen and oxygen atoms in total. The number of hydrogen-bond acceptors (Lipinski definition) is 7. The Hall–Kier alpha value is -4.46. The van der Waals surface area contributed by atoms with Crippen LogP contribution in [-0.4, -0.2) is 41.0 Å². The summed E-state index contributed by atoms with van der Waals surface area (Å²) in [5, 5.41) is 11.5. The summed E-state index contributed by atoms with van der Waals surface area (Å²) in [5.41, 5.74) is 2.12. The minimum absolute atomic E-state index is 0.0865. The molecule has 1 N–H and O–H groups in total. The van der Waals surface area contributed by atoms with Gasteiger partial charge in [0, 0.05) is 17.4 Å². The SMILES string of the molecule is CCCOC(=O)c1cccc(N2C(=O)C(=O)/C(=C(\O)c3ccc(OCC)c(C(C)C)c3)C2c2ccccn2)c1. The van der Waals surface area contributed by atoms with Crippen molar-refractivity contribution in [3.63, 3.8) is 0 Å². The fraction of sp³-hybridized carbons (Fsp3) is 0.290. The number of nitrogens with zero attached hydrogens (tertiary/aromatic N) is 2. The lowest BCUT2D eigenvalue weighted by Crippen LogP contribution is -2.30. The van der Waals surface area contributed by atoms with Crippen molar-refractivity contribution in [3.8, 4) is 5.75 Å². The molecule has 0 aliphatic carbocycles. The fourth-order valence-corrected chi connectivity index (χ4v) is 4.57. The molecule has 3 aromatic rings. The second-order valence-corrected chi connectivity index (χ2v) is 9.45. The number of aliphatic hydroxyl groups is 1. The molecule has 1 unspecified atom stereocenters. The molecule has 0 radical (unpaired) electrons. The van der Waals surface area contributed by atoms with E-state index in [9.17, 15) is 19.5 Å². The summed E-state index contributed by atoms with van der Waals surface area (Å²) in [5.74, 6) is -1.74. The molecule has 1 fully saturated rings. The summed E-state index contributed by atoms with van der Waals surface area (Å²) >= 11 is 0. The zero-order valence-electron chi connectivity index (χ0n) is 22.5. The number of amides is 1. The summed E-state index contributed by atoms with van der Waals surface area (Å²) < 4.78 is 11.0. The molecular formula is C31H32N2O6. The monoisotopic (exact) mass is 528 g/mol. The molecule has 0 bridgehead atoms. The van der Waals surface area contributed by atoms with E-state index < -0.39 is 23.7 Å². The summed E-state index contributed by atoms with van der Waals surface area (Å²) in [7, 11) is 0. The molecule has 39 heavy (non-hydrogen) atoms. The molecule has 1 saturated heterocycles. The Kier molecular flexibility index (Phi) is 8.44. The first-order valence-corrected chi connectivity index (χ1v) is 13.0. The Labute approximate surface area is 227 Å². The number of ether oxygens (including phenoxy) is 2. The third-order valence-corrected chi connectivity index (χ3v) is 6.41. The number of pyridine rings is 1. The predicted octanol–water partition coefficient (Wildman–Crippen LogP) is 5.80. The number of ketones is 1. The lowest BCUT2D eigenvalue weighted by atomic mass is 9.94. The van der Waals surface area contributed by atoms with Gasteiger partial charge in [-0.3, -0.25) is 19.5 Å². The lowest BCUT2D eigenvalue weighted by molar-refractivity contribution is -0.132. The van der Waals surface area contributed by atoms with Gasteiger partial charge < -0.3 is 14.6 Å². The Bertz CT molecular complexity index is 1410. The maximum atomic E-state index is 13.5. The minimum atomic E-state index is -1.01. The minimum Gasteiger partial charge on any atom is -0.507 e. The van der Waals surface area contributed by atoms with Crippen LogP contribution in [0.4, 0.5) is 5.69 Å². The van der Waals surface area contributed by atoms with Gasteiger partial charge in [0.2, 0.25) is 0 Å². The van der Waals surface area contributed by atoms with Crippen LogP contribution in [0.1, 0.15) is 73.3 Å². The van der Waals surface area contributed by atoms with Crippen molar-refractivity contribution >= 4 is 29.1 Å². The van der Waals surface area contributed by atoms with E-state index >= 15 is 0 Å².